The van der Waals surface area contributed by atoms with Crippen molar-refractivity contribution in [1.82, 2.24) is 5.32 Å². The van der Waals surface area contributed by atoms with Crippen LogP contribution in [0.1, 0.15) is 25.7 Å². The third kappa shape index (κ3) is 15.2. The zero-order valence-electron chi connectivity index (χ0n) is 19.9. The smallest absolute Gasteiger partial charge is 0.267 e. The summed E-state index contributed by atoms with van der Waals surface area (Å²) in [6, 6.07) is 14.7. The van der Waals surface area contributed by atoms with Gasteiger partial charge in [0.25, 0.3) is 5.82 Å². The van der Waals surface area contributed by atoms with E-state index in [9.17, 15) is 0 Å². The van der Waals surface area contributed by atoms with Gasteiger partial charge in [-0.2, -0.15) is 4.99 Å². The van der Waals surface area contributed by atoms with Crippen molar-refractivity contribution >= 4 is 52.9 Å². The lowest BCUT2D eigenvalue weighted by Gasteiger charge is -2.05. The summed E-state index contributed by atoms with van der Waals surface area (Å²) in [6.07, 6.45) is 4.86. The molecule has 0 amide bonds. The molecule has 0 unspecified atom stereocenters. The lowest BCUT2D eigenvalue weighted by Crippen LogP contribution is -2.70. The fraction of sp³-hybridized carbons (Fsp3) is 0.292. The van der Waals surface area contributed by atoms with E-state index in [-0.39, 0.29) is 11.9 Å². The molecule has 11 heteroatoms. The fourth-order valence-corrected chi connectivity index (χ4v) is 2.89. The highest BCUT2D eigenvalue weighted by molar-refractivity contribution is 6.30. The van der Waals surface area contributed by atoms with Crippen molar-refractivity contribution in [2.75, 3.05) is 30.8 Å². The van der Waals surface area contributed by atoms with Gasteiger partial charge < -0.3 is 27.2 Å². The molecule has 0 atom stereocenters. The first-order valence-corrected chi connectivity index (χ1v) is 11.8. The number of nitrogens with two attached hydrogens (primary N) is 2. The van der Waals surface area contributed by atoms with Crippen LogP contribution < -0.4 is 32.4 Å². The van der Waals surface area contributed by atoms with Gasteiger partial charge in [0.15, 0.2) is 0 Å². The van der Waals surface area contributed by atoms with Gasteiger partial charge in [0.05, 0.1) is 6.54 Å². The van der Waals surface area contributed by atoms with E-state index in [1.807, 2.05) is 31.3 Å². The molecule has 190 valence electrons. The van der Waals surface area contributed by atoms with Gasteiger partial charge in [0.1, 0.15) is 0 Å². The number of nitrogens with zero attached hydrogens (tertiary/aromatic N) is 2. The molecular formula is C24H35Cl2N8O+. The lowest BCUT2D eigenvalue weighted by molar-refractivity contribution is -0.407. The minimum Gasteiger partial charge on any atom is -0.483 e. The maximum absolute atomic E-state index is 8.53. The number of unbranched alkanes of at least 4 members (excludes halogenated alkanes) is 3. The van der Waals surface area contributed by atoms with E-state index in [1.165, 1.54) is 0 Å². The van der Waals surface area contributed by atoms with E-state index in [0.717, 1.165) is 55.0 Å². The van der Waals surface area contributed by atoms with Gasteiger partial charge in [-0.05, 0) is 74.4 Å². The van der Waals surface area contributed by atoms with Crippen molar-refractivity contribution in [2.24, 2.45) is 21.5 Å². The third-order valence-corrected chi connectivity index (χ3v) is 4.92. The molecule has 0 saturated carbocycles. The number of rotatable bonds is 11. The van der Waals surface area contributed by atoms with Crippen LogP contribution in [0.5, 0.6) is 0 Å². The van der Waals surface area contributed by atoms with E-state index in [1.54, 1.807) is 24.3 Å². The number of hydrogen-bond donors (Lipinski definition) is 7. The van der Waals surface area contributed by atoms with Crippen LogP contribution in [-0.2, 0) is 0 Å². The van der Waals surface area contributed by atoms with Crippen LogP contribution in [0.15, 0.2) is 70.9 Å². The normalized spacial score (nSPS) is 11.5. The Bertz CT molecular complexity index is 960. The number of anilines is 2. The number of aliphatic imine (C=N–C) groups is 2. The van der Waals surface area contributed by atoms with Crippen LogP contribution in [0.3, 0.4) is 0 Å². The first-order chi connectivity index (χ1) is 16.8. The first-order valence-electron chi connectivity index (χ1n) is 11.1. The Balaban J connectivity index is 0.000000566. The largest absolute Gasteiger partial charge is 0.483 e. The van der Waals surface area contributed by atoms with Crippen molar-refractivity contribution in [3.05, 3.63) is 71.0 Å². The third-order valence-electron chi connectivity index (χ3n) is 4.42. The quantitative estimate of drug-likeness (QED) is 0.137. The summed E-state index contributed by atoms with van der Waals surface area (Å²) >= 11 is 11.5. The summed E-state index contributed by atoms with van der Waals surface area (Å²) in [5.74, 6) is 0.898. The van der Waals surface area contributed by atoms with Gasteiger partial charge in [-0.3, -0.25) is 10.3 Å². The Morgan fingerprint density at radius 2 is 1.54 bits per heavy atom. The summed E-state index contributed by atoms with van der Waals surface area (Å²) in [7, 11) is 1.88. The molecule has 0 spiro atoms. The molecule has 0 radical (unpaired) electrons. The Morgan fingerprint density at radius 1 is 0.971 bits per heavy atom. The summed E-state index contributed by atoms with van der Waals surface area (Å²) < 4.78 is 0. The Hall–Kier alpha value is -3.43. The van der Waals surface area contributed by atoms with Crippen molar-refractivity contribution < 1.29 is 10.1 Å². The SMILES string of the molecule is C=C(NCCCCCCN=C(N)/N=C(\N)Nc1ccc(Cl)cc1)/[NH+]=C\O.CNc1ccc(Cl)cc1. The van der Waals surface area contributed by atoms with E-state index in [2.05, 4.69) is 37.5 Å². The zero-order chi connectivity index (χ0) is 25.9. The van der Waals surface area contributed by atoms with Crippen LogP contribution in [0, 0.1) is 0 Å². The molecule has 0 aliphatic rings. The predicted molar refractivity (Wildman–Crippen MR) is 149 cm³/mol. The second-order valence-corrected chi connectivity index (χ2v) is 8.09. The second-order valence-electron chi connectivity index (χ2n) is 7.22. The van der Waals surface area contributed by atoms with Gasteiger partial charge in [-0.25, -0.2) is 4.99 Å². The summed E-state index contributed by atoms with van der Waals surface area (Å²) in [6.45, 7) is 5.08. The molecule has 9 N–H and O–H groups in total. The van der Waals surface area contributed by atoms with Gasteiger partial charge in [0.2, 0.25) is 18.3 Å². The molecule has 2 aromatic carbocycles. The summed E-state index contributed by atoms with van der Waals surface area (Å²) in [5, 5.41) is 18.9. The summed E-state index contributed by atoms with van der Waals surface area (Å²) in [4.78, 5) is 10.8. The minimum absolute atomic E-state index is 0.147. The maximum Gasteiger partial charge on any atom is 0.267 e. The average Bonchev–Trinajstić information content (AvgIpc) is 2.83. The number of aliphatic hydroxyl groups is 1. The highest BCUT2D eigenvalue weighted by Gasteiger charge is 1.98. The number of nitrogens with one attached hydrogen (secondary N) is 4. The average molecular weight is 523 g/mol. The number of guanidine groups is 2. The monoisotopic (exact) mass is 521 g/mol. The number of benzene rings is 2. The van der Waals surface area contributed by atoms with Crippen LogP contribution in [0.25, 0.3) is 0 Å². The lowest BCUT2D eigenvalue weighted by atomic mass is 10.2. The highest BCUT2D eigenvalue weighted by atomic mass is 35.5. The first kappa shape index (κ1) is 29.6. The van der Waals surface area contributed by atoms with Crippen molar-refractivity contribution in [1.29, 1.82) is 0 Å². The topological polar surface area (TPSA) is 147 Å². The Morgan fingerprint density at radius 3 is 2.11 bits per heavy atom. The number of aliphatic hydroxyl groups excluding tert-OH is 1. The molecule has 35 heavy (non-hydrogen) atoms. The predicted octanol–water partition coefficient (Wildman–Crippen LogP) is 3.05. The molecular weight excluding hydrogens is 487 g/mol. The second kappa shape index (κ2) is 18.0. The minimum atomic E-state index is 0.147. The molecule has 0 fully saturated rings. The molecule has 0 saturated heterocycles. The van der Waals surface area contributed by atoms with Gasteiger partial charge >= 0.3 is 0 Å². The molecule has 2 aromatic rings. The fourth-order valence-electron chi connectivity index (χ4n) is 2.64. The van der Waals surface area contributed by atoms with E-state index >= 15 is 0 Å². The molecule has 0 heterocycles. The standard InChI is InChI=1S/C17H26ClN7O.C7H8ClN/c1-13(23-12-26)21-10-4-2-3-5-11-22-16(19)25-17(20)24-15-8-6-14(18)7-9-15;1-9-7-4-2-6(8)3-5-7/h6-9,12,21H,1-5,10-11H2,(H,23,26)(H5,19,20,22,24,25);2-5,9H,1H3/p+1. The Labute approximate surface area is 217 Å². The van der Waals surface area contributed by atoms with Crippen molar-refractivity contribution in [3.63, 3.8) is 0 Å². The zero-order valence-corrected chi connectivity index (χ0v) is 21.4. The van der Waals surface area contributed by atoms with Crippen molar-refractivity contribution in [2.45, 2.75) is 25.7 Å². The molecule has 2 rings (SSSR count). The van der Waals surface area contributed by atoms with Crippen molar-refractivity contribution in [3.8, 4) is 0 Å². The number of halogens is 2. The van der Waals surface area contributed by atoms with Gasteiger partial charge in [-0.1, -0.05) is 29.6 Å². The van der Waals surface area contributed by atoms with Crippen LogP contribution >= 0.6 is 23.2 Å². The highest BCUT2D eigenvalue weighted by Crippen LogP contribution is 2.13. The molecule has 0 aliphatic heterocycles. The van der Waals surface area contributed by atoms with Crippen LogP contribution in [-0.4, -0.2) is 43.6 Å². The summed E-state index contributed by atoms with van der Waals surface area (Å²) in [5.41, 5.74) is 13.4. The van der Waals surface area contributed by atoms with E-state index in [4.69, 9.17) is 39.8 Å². The molecule has 9 nitrogen and oxygen atoms in total. The van der Waals surface area contributed by atoms with Gasteiger partial charge in [0, 0.05) is 35.0 Å². The number of hydrogen-bond acceptors (Lipinski definition) is 3. The molecule has 0 bridgehead atoms. The molecule has 0 aliphatic carbocycles. The van der Waals surface area contributed by atoms with Crippen LogP contribution in [0.2, 0.25) is 10.0 Å². The Kier molecular flexibility index (Phi) is 15.2. The van der Waals surface area contributed by atoms with E-state index in [0.29, 0.717) is 17.4 Å². The maximum atomic E-state index is 8.53. The van der Waals surface area contributed by atoms with Crippen LogP contribution in [0.4, 0.5) is 11.4 Å². The molecule has 0 aromatic heterocycles. The van der Waals surface area contributed by atoms with E-state index < -0.39 is 0 Å². The van der Waals surface area contributed by atoms with Gasteiger partial charge in [-0.15, -0.1) is 0 Å².